The number of furan rings is 1. The summed E-state index contributed by atoms with van der Waals surface area (Å²) in [5, 5.41) is 0.494. The second-order valence-corrected chi connectivity index (χ2v) is 5.53. The van der Waals surface area contributed by atoms with Gasteiger partial charge in [-0.1, -0.05) is 41.9 Å². The highest BCUT2D eigenvalue weighted by molar-refractivity contribution is 6.31. The molecular formula is C18H11ClO3. The van der Waals surface area contributed by atoms with Crippen molar-refractivity contribution in [2.24, 2.45) is 0 Å². The van der Waals surface area contributed by atoms with E-state index in [-0.39, 0.29) is 5.78 Å². The summed E-state index contributed by atoms with van der Waals surface area (Å²) < 4.78 is 11.5. The van der Waals surface area contributed by atoms with Crippen molar-refractivity contribution >= 4 is 17.4 Å². The molecule has 0 atom stereocenters. The van der Waals surface area contributed by atoms with Gasteiger partial charge in [-0.15, -0.1) is 0 Å². The summed E-state index contributed by atoms with van der Waals surface area (Å²) in [6, 6.07) is 16.5. The molecule has 0 spiro atoms. The van der Waals surface area contributed by atoms with Crippen LogP contribution in [0.4, 0.5) is 0 Å². The number of fused-ring (bicyclic) bond motifs is 2. The number of halogens is 1. The highest BCUT2D eigenvalue weighted by Gasteiger charge is 2.27. The third kappa shape index (κ3) is 2.11. The van der Waals surface area contributed by atoms with Gasteiger partial charge in [-0.3, -0.25) is 4.79 Å². The van der Waals surface area contributed by atoms with Gasteiger partial charge < -0.3 is 9.15 Å². The van der Waals surface area contributed by atoms with Gasteiger partial charge in [-0.2, -0.15) is 0 Å². The lowest BCUT2D eigenvalue weighted by atomic mass is 10.1. The van der Waals surface area contributed by atoms with Crippen LogP contribution in [0.1, 0.15) is 21.7 Å². The molecular weight excluding hydrogens is 300 g/mol. The zero-order valence-electron chi connectivity index (χ0n) is 11.5. The molecule has 0 aliphatic carbocycles. The number of hydrogen-bond donors (Lipinski definition) is 0. The molecule has 0 amide bonds. The summed E-state index contributed by atoms with van der Waals surface area (Å²) in [5.41, 5.74) is 2.10. The number of rotatable bonds is 1. The second-order valence-electron chi connectivity index (χ2n) is 5.09. The molecule has 108 valence electrons. The monoisotopic (exact) mass is 310 g/mol. The van der Waals surface area contributed by atoms with Gasteiger partial charge in [-0.25, -0.2) is 0 Å². The smallest absolute Gasteiger partial charge is 0.232 e. The van der Waals surface area contributed by atoms with Gasteiger partial charge >= 0.3 is 0 Å². The Labute approximate surface area is 132 Å². The molecule has 3 aromatic rings. The maximum atomic E-state index is 12.7. The average Bonchev–Trinajstić information content (AvgIpc) is 2.93. The Hall–Kier alpha value is -2.52. The third-order valence-electron chi connectivity index (χ3n) is 3.64. The molecule has 0 saturated heterocycles. The lowest BCUT2D eigenvalue weighted by Crippen LogP contribution is -2.00. The molecule has 2 aromatic carbocycles. The summed E-state index contributed by atoms with van der Waals surface area (Å²) in [6.07, 6.45) is 0. The molecule has 0 radical (unpaired) electrons. The van der Waals surface area contributed by atoms with E-state index in [1.165, 1.54) is 0 Å². The quantitative estimate of drug-likeness (QED) is 0.652. The van der Waals surface area contributed by atoms with Crippen LogP contribution < -0.4 is 4.74 Å². The minimum Gasteiger partial charge on any atom is -0.488 e. The number of hydrogen-bond acceptors (Lipinski definition) is 3. The number of carbonyl (C=O) groups is 1. The molecule has 0 fully saturated rings. The minimum atomic E-state index is -0.202. The maximum absolute atomic E-state index is 12.7. The molecule has 0 bridgehead atoms. The van der Waals surface area contributed by atoms with Gasteiger partial charge in [0.05, 0.1) is 5.56 Å². The van der Waals surface area contributed by atoms with E-state index in [1.54, 1.807) is 18.2 Å². The van der Waals surface area contributed by atoms with Gasteiger partial charge in [0.25, 0.3) is 0 Å². The topological polar surface area (TPSA) is 39.4 Å². The fourth-order valence-corrected chi connectivity index (χ4v) is 2.73. The van der Waals surface area contributed by atoms with Crippen molar-refractivity contribution in [3.8, 4) is 17.1 Å². The highest BCUT2D eigenvalue weighted by atomic mass is 35.5. The molecule has 2 heterocycles. The Morgan fingerprint density at radius 2 is 1.82 bits per heavy atom. The summed E-state index contributed by atoms with van der Waals surface area (Å²) >= 11 is 5.99. The number of carbonyl (C=O) groups excluding carboxylic acids is 1. The normalized spacial score (nSPS) is 13.0. The van der Waals surface area contributed by atoms with Gasteiger partial charge in [0.15, 0.2) is 5.76 Å². The van der Waals surface area contributed by atoms with E-state index < -0.39 is 0 Å². The van der Waals surface area contributed by atoms with E-state index in [9.17, 15) is 4.79 Å². The summed E-state index contributed by atoms with van der Waals surface area (Å²) in [5.74, 6) is 1.31. The fraction of sp³-hybridized carbons (Fsp3) is 0.0556. The maximum Gasteiger partial charge on any atom is 0.232 e. The predicted octanol–water partition coefficient (Wildman–Crippen LogP) is 4.72. The van der Waals surface area contributed by atoms with Crippen LogP contribution in [-0.4, -0.2) is 5.78 Å². The number of ether oxygens (including phenoxy) is 1. The molecule has 0 unspecified atom stereocenters. The van der Waals surface area contributed by atoms with E-state index in [1.807, 2.05) is 36.4 Å². The highest BCUT2D eigenvalue weighted by Crippen LogP contribution is 2.34. The number of ketones is 1. The van der Waals surface area contributed by atoms with Crippen molar-refractivity contribution < 1.29 is 13.9 Å². The van der Waals surface area contributed by atoms with E-state index in [2.05, 4.69) is 0 Å². The first kappa shape index (κ1) is 13.2. The van der Waals surface area contributed by atoms with Crippen molar-refractivity contribution in [3.63, 3.8) is 0 Å². The van der Waals surface area contributed by atoms with Crippen LogP contribution in [0, 0.1) is 0 Å². The van der Waals surface area contributed by atoms with Crippen molar-refractivity contribution in [3.05, 3.63) is 76.5 Å². The lowest BCUT2D eigenvalue weighted by molar-refractivity contribution is 0.101. The lowest BCUT2D eigenvalue weighted by Gasteiger charge is -2.05. The minimum absolute atomic E-state index is 0.202. The zero-order valence-corrected chi connectivity index (χ0v) is 12.3. The fourth-order valence-electron chi connectivity index (χ4n) is 2.56. The van der Waals surface area contributed by atoms with Crippen molar-refractivity contribution in [1.29, 1.82) is 0 Å². The van der Waals surface area contributed by atoms with Gasteiger partial charge in [0, 0.05) is 16.1 Å². The Kier molecular flexibility index (Phi) is 3.01. The van der Waals surface area contributed by atoms with E-state index >= 15 is 0 Å². The predicted molar refractivity (Wildman–Crippen MR) is 83.4 cm³/mol. The van der Waals surface area contributed by atoms with Crippen LogP contribution in [0.3, 0.4) is 0 Å². The van der Waals surface area contributed by atoms with E-state index in [4.69, 9.17) is 20.8 Å². The molecule has 0 N–H and O–H groups in total. The summed E-state index contributed by atoms with van der Waals surface area (Å²) in [4.78, 5) is 12.7. The van der Waals surface area contributed by atoms with Crippen molar-refractivity contribution in [1.82, 2.24) is 0 Å². The standard InChI is InChI=1S/C18H11ClO3/c19-13-6-7-15-14(9-13)17(20)18-12(10-21-15)8-16(22-18)11-4-2-1-3-5-11/h1-9H,10H2. The Morgan fingerprint density at radius 1 is 1.00 bits per heavy atom. The third-order valence-corrected chi connectivity index (χ3v) is 3.88. The van der Waals surface area contributed by atoms with Crippen LogP contribution >= 0.6 is 11.6 Å². The van der Waals surface area contributed by atoms with Gasteiger partial charge in [0.2, 0.25) is 5.78 Å². The van der Waals surface area contributed by atoms with Crippen molar-refractivity contribution in [2.75, 3.05) is 0 Å². The van der Waals surface area contributed by atoms with Crippen LogP contribution in [0.25, 0.3) is 11.3 Å². The molecule has 4 rings (SSSR count). The van der Waals surface area contributed by atoms with Crippen LogP contribution in [-0.2, 0) is 6.61 Å². The first-order chi connectivity index (χ1) is 10.7. The summed E-state index contributed by atoms with van der Waals surface area (Å²) in [7, 11) is 0. The SMILES string of the molecule is O=C1c2cc(Cl)ccc2OCc2cc(-c3ccccc3)oc21. The van der Waals surface area contributed by atoms with Crippen LogP contribution in [0.15, 0.2) is 59.0 Å². The first-order valence-electron chi connectivity index (χ1n) is 6.87. The van der Waals surface area contributed by atoms with E-state index in [0.29, 0.717) is 34.5 Å². The Morgan fingerprint density at radius 3 is 2.64 bits per heavy atom. The van der Waals surface area contributed by atoms with Crippen LogP contribution in [0.5, 0.6) is 5.75 Å². The van der Waals surface area contributed by atoms with E-state index in [0.717, 1.165) is 11.1 Å². The van der Waals surface area contributed by atoms with Crippen molar-refractivity contribution in [2.45, 2.75) is 6.61 Å². The molecule has 3 nitrogen and oxygen atoms in total. The van der Waals surface area contributed by atoms with Gasteiger partial charge in [-0.05, 0) is 24.3 Å². The molecule has 0 saturated carbocycles. The Balaban J connectivity index is 1.83. The molecule has 22 heavy (non-hydrogen) atoms. The zero-order chi connectivity index (χ0) is 15.1. The largest absolute Gasteiger partial charge is 0.488 e. The average molecular weight is 311 g/mol. The van der Waals surface area contributed by atoms with Gasteiger partial charge in [0.1, 0.15) is 18.1 Å². The Bertz CT molecular complexity index is 865. The van der Waals surface area contributed by atoms with Crippen LogP contribution in [0.2, 0.25) is 5.02 Å². The molecule has 1 aliphatic rings. The first-order valence-corrected chi connectivity index (χ1v) is 7.25. The summed E-state index contributed by atoms with van der Waals surface area (Å²) in [6.45, 7) is 0.298. The molecule has 4 heteroatoms. The molecule has 1 aliphatic heterocycles. The molecule has 1 aromatic heterocycles. The number of benzene rings is 2. The second kappa shape index (κ2) is 5.04.